The van der Waals surface area contributed by atoms with Gasteiger partial charge in [-0.1, -0.05) is 41.4 Å². The van der Waals surface area contributed by atoms with Crippen LogP contribution in [0.1, 0.15) is 43.5 Å². The minimum atomic E-state index is -3.92. The molecule has 2 atom stereocenters. The molecule has 8 heteroatoms. The first-order valence-electron chi connectivity index (χ1n) is 9.69. The second kappa shape index (κ2) is 8.57. The molecule has 0 saturated carbocycles. The molecular formula is C22H26ClNO5S. The van der Waals surface area contributed by atoms with Crippen molar-refractivity contribution in [2.75, 3.05) is 6.61 Å². The Balaban J connectivity index is 1.79. The summed E-state index contributed by atoms with van der Waals surface area (Å²) < 4.78 is 35.9. The van der Waals surface area contributed by atoms with Gasteiger partial charge in [-0.3, -0.25) is 4.18 Å². The quantitative estimate of drug-likeness (QED) is 0.661. The monoisotopic (exact) mass is 451 g/mol. The van der Waals surface area contributed by atoms with E-state index in [0.717, 1.165) is 16.7 Å². The molecule has 3 rings (SSSR count). The predicted molar refractivity (Wildman–Crippen MR) is 115 cm³/mol. The van der Waals surface area contributed by atoms with E-state index in [1.54, 1.807) is 45.0 Å². The Morgan fingerprint density at radius 1 is 1.17 bits per heavy atom. The summed E-state index contributed by atoms with van der Waals surface area (Å²) in [4.78, 5) is 12.5. The molecule has 1 aliphatic carbocycles. The molecule has 1 amide bonds. The summed E-state index contributed by atoms with van der Waals surface area (Å²) in [7, 11) is -3.92. The topological polar surface area (TPSA) is 81.7 Å². The van der Waals surface area contributed by atoms with E-state index in [-0.39, 0.29) is 17.4 Å². The van der Waals surface area contributed by atoms with Crippen LogP contribution in [0.3, 0.4) is 0 Å². The smallest absolute Gasteiger partial charge is 0.408 e. The lowest BCUT2D eigenvalue weighted by molar-refractivity contribution is 0.0481. The van der Waals surface area contributed by atoms with Gasteiger partial charge >= 0.3 is 6.09 Å². The molecule has 0 fully saturated rings. The highest BCUT2D eigenvalue weighted by atomic mass is 35.5. The molecule has 6 nitrogen and oxygen atoms in total. The Morgan fingerprint density at radius 2 is 1.83 bits per heavy atom. The van der Waals surface area contributed by atoms with E-state index in [9.17, 15) is 13.2 Å². The SMILES string of the molecule is Cc1ccc(S(=O)(=O)OC[C@@H]2Cc3c(Cl)cccc3[C@H]2NC(=O)OC(C)(C)C)cc1. The molecule has 2 aromatic carbocycles. The lowest BCUT2D eigenvalue weighted by atomic mass is 10.0. The summed E-state index contributed by atoms with van der Waals surface area (Å²) >= 11 is 6.34. The van der Waals surface area contributed by atoms with Crippen molar-refractivity contribution in [1.82, 2.24) is 5.32 Å². The van der Waals surface area contributed by atoms with Crippen molar-refractivity contribution < 1.29 is 22.1 Å². The van der Waals surface area contributed by atoms with Crippen LogP contribution in [0.2, 0.25) is 5.02 Å². The van der Waals surface area contributed by atoms with E-state index in [1.165, 1.54) is 12.1 Å². The van der Waals surface area contributed by atoms with Crippen molar-refractivity contribution in [3.8, 4) is 0 Å². The average Bonchev–Trinajstić information content (AvgIpc) is 2.98. The first-order chi connectivity index (χ1) is 14.0. The van der Waals surface area contributed by atoms with E-state index < -0.39 is 27.9 Å². The van der Waals surface area contributed by atoms with Gasteiger partial charge in [-0.05, 0) is 63.4 Å². The molecule has 0 bridgehead atoms. The third kappa shape index (κ3) is 5.33. The van der Waals surface area contributed by atoms with E-state index in [0.29, 0.717) is 11.4 Å². The third-order valence-corrected chi connectivity index (χ3v) is 6.50. The highest BCUT2D eigenvalue weighted by Gasteiger charge is 2.37. The van der Waals surface area contributed by atoms with Crippen LogP contribution in [0.5, 0.6) is 0 Å². The fraction of sp³-hybridized carbons (Fsp3) is 0.409. The number of ether oxygens (including phenoxy) is 1. The average molecular weight is 452 g/mol. The van der Waals surface area contributed by atoms with Crippen LogP contribution in [0, 0.1) is 12.8 Å². The van der Waals surface area contributed by atoms with Crippen LogP contribution < -0.4 is 5.32 Å². The van der Waals surface area contributed by atoms with Crippen LogP contribution in [-0.4, -0.2) is 26.7 Å². The molecule has 0 spiro atoms. The molecule has 0 radical (unpaired) electrons. The number of nitrogens with one attached hydrogen (secondary N) is 1. The first-order valence-corrected chi connectivity index (χ1v) is 11.5. The van der Waals surface area contributed by atoms with Crippen LogP contribution in [0.25, 0.3) is 0 Å². The highest BCUT2D eigenvalue weighted by molar-refractivity contribution is 7.86. The van der Waals surface area contributed by atoms with Crippen molar-refractivity contribution in [1.29, 1.82) is 0 Å². The maximum absolute atomic E-state index is 12.6. The van der Waals surface area contributed by atoms with Gasteiger partial charge in [0.15, 0.2) is 0 Å². The summed E-state index contributed by atoms with van der Waals surface area (Å²) in [5.74, 6) is -0.312. The summed E-state index contributed by atoms with van der Waals surface area (Å²) in [5, 5.41) is 3.43. The standard InChI is InChI=1S/C22H26ClNO5S/c1-14-8-10-16(11-9-14)30(26,27)28-13-15-12-18-17(6-5-7-19(18)23)20(15)24-21(25)29-22(2,3)4/h5-11,15,20H,12-13H2,1-4H3,(H,24,25)/t15-,20-/m0/s1. The molecule has 0 aliphatic heterocycles. The van der Waals surface area contributed by atoms with E-state index >= 15 is 0 Å². The van der Waals surface area contributed by atoms with Crippen LogP contribution in [0.15, 0.2) is 47.4 Å². The maximum atomic E-state index is 12.6. The summed E-state index contributed by atoms with van der Waals surface area (Å²) in [5.41, 5.74) is 2.02. The lowest BCUT2D eigenvalue weighted by Crippen LogP contribution is -2.37. The Kier molecular flexibility index (Phi) is 6.45. The van der Waals surface area contributed by atoms with E-state index in [4.69, 9.17) is 20.5 Å². The highest BCUT2D eigenvalue weighted by Crippen LogP contribution is 2.40. The Hall–Kier alpha value is -2.09. The number of halogens is 1. The van der Waals surface area contributed by atoms with E-state index in [2.05, 4.69) is 5.32 Å². The Bertz CT molecular complexity index is 1030. The van der Waals surface area contributed by atoms with E-state index in [1.807, 2.05) is 13.0 Å². The fourth-order valence-corrected chi connectivity index (χ4v) is 4.67. The second-order valence-electron chi connectivity index (χ2n) is 8.45. The van der Waals surface area contributed by atoms with Crippen LogP contribution >= 0.6 is 11.6 Å². The molecular weight excluding hydrogens is 426 g/mol. The van der Waals surface area contributed by atoms with Gasteiger partial charge in [0.2, 0.25) is 0 Å². The molecule has 2 aromatic rings. The zero-order valence-electron chi connectivity index (χ0n) is 17.4. The predicted octanol–water partition coefficient (Wildman–Crippen LogP) is 4.79. The van der Waals surface area contributed by atoms with Gasteiger partial charge in [0.1, 0.15) is 5.60 Å². The molecule has 1 aliphatic rings. The number of hydrogen-bond donors (Lipinski definition) is 1. The number of benzene rings is 2. The molecule has 162 valence electrons. The zero-order valence-corrected chi connectivity index (χ0v) is 19.0. The summed E-state index contributed by atoms with van der Waals surface area (Å²) in [6.07, 6.45) is -0.0921. The van der Waals surface area contributed by atoms with Crippen molar-refractivity contribution in [2.45, 2.75) is 50.7 Å². The third-order valence-electron chi connectivity index (χ3n) is 4.85. The second-order valence-corrected chi connectivity index (χ2v) is 10.5. The molecule has 30 heavy (non-hydrogen) atoms. The van der Waals surface area contributed by atoms with Crippen LogP contribution in [0.4, 0.5) is 4.79 Å². The molecule has 0 aromatic heterocycles. The number of carbonyl (C=O) groups excluding carboxylic acids is 1. The molecule has 1 N–H and O–H groups in total. The van der Waals surface area contributed by atoms with Gasteiger partial charge in [0.25, 0.3) is 10.1 Å². The van der Waals surface area contributed by atoms with Gasteiger partial charge in [-0.25, -0.2) is 4.79 Å². The number of carbonyl (C=O) groups is 1. The fourth-order valence-electron chi connectivity index (χ4n) is 3.45. The van der Waals surface area contributed by atoms with Crippen molar-refractivity contribution in [3.05, 3.63) is 64.2 Å². The van der Waals surface area contributed by atoms with Gasteiger partial charge in [0.05, 0.1) is 17.5 Å². The zero-order chi connectivity index (χ0) is 22.1. The summed E-state index contributed by atoms with van der Waals surface area (Å²) in [6, 6.07) is 11.4. The van der Waals surface area contributed by atoms with Crippen molar-refractivity contribution in [2.24, 2.45) is 5.92 Å². The first kappa shape index (κ1) is 22.6. The van der Waals surface area contributed by atoms with Crippen molar-refractivity contribution in [3.63, 3.8) is 0 Å². The van der Waals surface area contributed by atoms with Crippen LogP contribution in [-0.2, 0) is 25.5 Å². The number of fused-ring (bicyclic) bond motifs is 1. The van der Waals surface area contributed by atoms with Gasteiger partial charge in [0, 0.05) is 10.9 Å². The minimum Gasteiger partial charge on any atom is -0.444 e. The Morgan fingerprint density at radius 3 is 2.47 bits per heavy atom. The maximum Gasteiger partial charge on any atom is 0.408 e. The van der Waals surface area contributed by atoms with Gasteiger partial charge in [-0.15, -0.1) is 0 Å². The lowest BCUT2D eigenvalue weighted by Gasteiger charge is -2.25. The molecule has 0 saturated heterocycles. The Labute approximate surface area is 182 Å². The van der Waals surface area contributed by atoms with Gasteiger partial charge < -0.3 is 10.1 Å². The number of aryl methyl sites for hydroxylation is 1. The number of rotatable bonds is 5. The largest absolute Gasteiger partial charge is 0.444 e. The van der Waals surface area contributed by atoms with Gasteiger partial charge in [-0.2, -0.15) is 8.42 Å². The normalized spacial score (nSPS) is 18.7. The number of alkyl carbamates (subject to hydrolysis) is 1. The molecule has 0 heterocycles. The minimum absolute atomic E-state index is 0.0956. The summed E-state index contributed by atoms with van der Waals surface area (Å²) in [6.45, 7) is 7.12. The van der Waals surface area contributed by atoms with Crippen molar-refractivity contribution >= 4 is 27.8 Å². The number of amides is 1. The molecule has 0 unspecified atom stereocenters. The number of hydrogen-bond acceptors (Lipinski definition) is 5.